The molecule has 130 valence electrons. The van der Waals surface area contributed by atoms with Crippen LogP contribution in [0.2, 0.25) is 0 Å². The molecule has 2 N–H and O–H groups in total. The molecule has 0 bridgehead atoms. The number of rotatable bonds is 15. The lowest BCUT2D eigenvalue weighted by Gasteiger charge is -2.04. The zero-order valence-corrected chi connectivity index (χ0v) is 14.4. The lowest BCUT2D eigenvalue weighted by Crippen LogP contribution is -2.12. The van der Waals surface area contributed by atoms with Crippen molar-refractivity contribution in [3.05, 3.63) is 0 Å². The van der Waals surface area contributed by atoms with Gasteiger partial charge >= 0.3 is 11.9 Å². The second-order valence-electron chi connectivity index (χ2n) is 6.02. The Morgan fingerprint density at radius 1 is 0.682 bits per heavy atom. The summed E-state index contributed by atoms with van der Waals surface area (Å²) in [6, 6.07) is 0. The number of unbranched alkanes of at least 4 members (excludes halogenated alkanes) is 10. The fourth-order valence-electron chi connectivity index (χ4n) is 2.40. The van der Waals surface area contributed by atoms with Crippen molar-refractivity contribution >= 4 is 11.9 Å². The first-order valence-electron chi connectivity index (χ1n) is 9.14. The highest BCUT2D eigenvalue weighted by atomic mass is 16.6. The van der Waals surface area contributed by atoms with Gasteiger partial charge in [0.05, 0.1) is 0 Å². The Bertz CT molecular complexity index is 280. The lowest BCUT2D eigenvalue weighted by molar-refractivity contribution is -0.159. The molecule has 0 aromatic heterocycles. The maximum Gasteiger partial charge on any atom is 0.313 e. The average Bonchev–Trinajstić information content (AvgIpc) is 2.50. The average molecular weight is 313 g/mol. The second-order valence-corrected chi connectivity index (χ2v) is 6.02. The Morgan fingerprint density at radius 2 is 1.09 bits per heavy atom. The SMILES string of the molecule is CCCCCCCCCCCC(=O)OC(=O)CCCCCN. The predicted molar refractivity (Wildman–Crippen MR) is 90.5 cm³/mol. The first-order valence-corrected chi connectivity index (χ1v) is 9.14. The molecule has 0 aromatic rings. The number of ether oxygens (including phenoxy) is 1. The summed E-state index contributed by atoms with van der Waals surface area (Å²) >= 11 is 0. The molecule has 0 aliphatic heterocycles. The van der Waals surface area contributed by atoms with Gasteiger partial charge in [-0.25, -0.2) is 0 Å². The first kappa shape index (κ1) is 21.1. The molecule has 0 radical (unpaired) electrons. The van der Waals surface area contributed by atoms with Crippen molar-refractivity contribution < 1.29 is 14.3 Å². The van der Waals surface area contributed by atoms with E-state index in [-0.39, 0.29) is 5.97 Å². The maximum absolute atomic E-state index is 11.5. The van der Waals surface area contributed by atoms with Gasteiger partial charge in [0.1, 0.15) is 0 Å². The molecule has 0 amide bonds. The molecular formula is C18H35NO3. The molecule has 22 heavy (non-hydrogen) atoms. The Kier molecular flexibility index (Phi) is 15.8. The van der Waals surface area contributed by atoms with Gasteiger partial charge in [-0.2, -0.15) is 0 Å². The van der Waals surface area contributed by atoms with E-state index in [1.165, 1.54) is 44.9 Å². The third-order valence-electron chi connectivity index (χ3n) is 3.80. The second kappa shape index (κ2) is 16.5. The highest BCUT2D eigenvalue weighted by Gasteiger charge is 2.09. The molecule has 0 saturated carbocycles. The smallest absolute Gasteiger partial charge is 0.313 e. The summed E-state index contributed by atoms with van der Waals surface area (Å²) in [6.45, 7) is 2.87. The topological polar surface area (TPSA) is 69.4 Å². The van der Waals surface area contributed by atoms with Crippen LogP contribution in [0.15, 0.2) is 0 Å². The minimum Gasteiger partial charge on any atom is -0.393 e. The molecule has 4 heteroatoms. The zero-order valence-electron chi connectivity index (χ0n) is 14.4. The predicted octanol–water partition coefficient (Wildman–Crippen LogP) is 4.50. The molecule has 0 aliphatic rings. The Hall–Kier alpha value is -0.900. The van der Waals surface area contributed by atoms with Crippen LogP contribution in [-0.2, 0) is 14.3 Å². The van der Waals surface area contributed by atoms with Crippen molar-refractivity contribution in [3.63, 3.8) is 0 Å². The van der Waals surface area contributed by atoms with Crippen molar-refractivity contribution in [2.24, 2.45) is 5.73 Å². The third-order valence-corrected chi connectivity index (χ3v) is 3.80. The maximum atomic E-state index is 11.5. The standard InChI is InChI=1S/C18H35NO3/c1-2-3-4-5-6-7-8-9-11-14-17(20)22-18(21)15-12-10-13-16-19/h2-16,19H2,1H3. The van der Waals surface area contributed by atoms with Crippen molar-refractivity contribution in [1.82, 2.24) is 0 Å². The van der Waals surface area contributed by atoms with Crippen LogP contribution >= 0.6 is 0 Å². The van der Waals surface area contributed by atoms with E-state index in [9.17, 15) is 9.59 Å². The summed E-state index contributed by atoms with van der Waals surface area (Å²) in [5.74, 6) is -0.760. The van der Waals surface area contributed by atoms with Gasteiger partial charge in [-0.05, 0) is 25.8 Å². The molecule has 0 unspecified atom stereocenters. The van der Waals surface area contributed by atoms with E-state index in [1.807, 2.05) is 0 Å². The number of esters is 2. The van der Waals surface area contributed by atoms with Crippen LogP contribution in [0.3, 0.4) is 0 Å². The van der Waals surface area contributed by atoms with Gasteiger partial charge in [-0.15, -0.1) is 0 Å². The fraction of sp³-hybridized carbons (Fsp3) is 0.889. The summed E-state index contributed by atoms with van der Waals surface area (Å²) in [5, 5.41) is 0. The van der Waals surface area contributed by atoms with Crippen LogP contribution in [0.4, 0.5) is 0 Å². The van der Waals surface area contributed by atoms with Gasteiger partial charge < -0.3 is 10.5 Å². The van der Waals surface area contributed by atoms with Crippen LogP contribution in [0.1, 0.15) is 96.8 Å². The van der Waals surface area contributed by atoms with Gasteiger partial charge in [0.2, 0.25) is 0 Å². The fourth-order valence-corrected chi connectivity index (χ4v) is 2.40. The van der Waals surface area contributed by atoms with Crippen LogP contribution in [0, 0.1) is 0 Å². The Labute approximate surface area is 136 Å². The minimum absolute atomic E-state index is 0.323. The minimum atomic E-state index is -0.391. The van der Waals surface area contributed by atoms with Crippen LogP contribution in [0.5, 0.6) is 0 Å². The van der Waals surface area contributed by atoms with Gasteiger partial charge in [0.25, 0.3) is 0 Å². The van der Waals surface area contributed by atoms with Crippen molar-refractivity contribution in [3.8, 4) is 0 Å². The van der Waals surface area contributed by atoms with Gasteiger partial charge in [0, 0.05) is 12.8 Å². The molecule has 0 aliphatic carbocycles. The van der Waals surface area contributed by atoms with E-state index in [0.717, 1.165) is 32.1 Å². The van der Waals surface area contributed by atoms with Crippen molar-refractivity contribution in [2.75, 3.05) is 6.54 Å². The largest absolute Gasteiger partial charge is 0.393 e. The molecule has 0 fully saturated rings. The molecule has 0 heterocycles. The number of hydrogen-bond acceptors (Lipinski definition) is 4. The van der Waals surface area contributed by atoms with Crippen LogP contribution in [-0.4, -0.2) is 18.5 Å². The molecule has 0 atom stereocenters. The highest BCUT2D eigenvalue weighted by Crippen LogP contribution is 2.11. The van der Waals surface area contributed by atoms with Gasteiger partial charge in [0.15, 0.2) is 0 Å². The Morgan fingerprint density at radius 3 is 1.55 bits per heavy atom. The van der Waals surface area contributed by atoms with Crippen LogP contribution in [0.25, 0.3) is 0 Å². The quantitative estimate of drug-likeness (QED) is 0.274. The summed E-state index contributed by atoms with van der Waals surface area (Å²) in [4.78, 5) is 22.9. The summed E-state index contributed by atoms with van der Waals surface area (Å²) in [6.07, 6.45) is 14.2. The first-order chi connectivity index (χ1) is 10.7. The molecule has 0 saturated heterocycles. The highest BCUT2D eigenvalue weighted by molar-refractivity contribution is 5.85. The van der Waals surface area contributed by atoms with E-state index in [1.54, 1.807) is 0 Å². The number of nitrogens with two attached hydrogens (primary N) is 1. The van der Waals surface area contributed by atoms with Gasteiger partial charge in [-0.1, -0.05) is 64.7 Å². The summed E-state index contributed by atoms with van der Waals surface area (Å²) in [5.41, 5.74) is 5.38. The van der Waals surface area contributed by atoms with Gasteiger partial charge in [-0.3, -0.25) is 9.59 Å². The van der Waals surface area contributed by atoms with Crippen molar-refractivity contribution in [2.45, 2.75) is 96.8 Å². The van der Waals surface area contributed by atoms with E-state index in [2.05, 4.69) is 6.92 Å². The van der Waals surface area contributed by atoms with E-state index in [4.69, 9.17) is 10.5 Å². The summed E-state index contributed by atoms with van der Waals surface area (Å²) < 4.78 is 4.79. The van der Waals surface area contributed by atoms with Crippen LogP contribution < -0.4 is 5.73 Å². The normalized spacial score (nSPS) is 10.6. The zero-order chi connectivity index (χ0) is 16.5. The number of hydrogen-bond donors (Lipinski definition) is 1. The van der Waals surface area contributed by atoms with E-state index >= 15 is 0 Å². The van der Waals surface area contributed by atoms with E-state index < -0.39 is 5.97 Å². The monoisotopic (exact) mass is 313 g/mol. The van der Waals surface area contributed by atoms with Crippen molar-refractivity contribution in [1.29, 1.82) is 0 Å². The molecular weight excluding hydrogens is 278 g/mol. The lowest BCUT2D eigenvalue weighted by atomic mass is 10.1. The third kappa shape index (κ3) is 15.5. The molecule has 0 aromatic carbocycles. The number of carbonyl (C=O) groups is 2. The summed E-state index contributed by atoms with van der Waals surface area (Å²) in [7, 11) is 0. The molecule has 0 spiro atoms. The number of carbonyl (C=O) groups excluding carboxylic acids is 2. The molecule has 0 rings (SSSR count). The Balaban J connectivity index is 3.33. The molecule has 4 nitrogen and oxygen atoms in total. The van der Waals surface area contributed by atoms with E-state index in [0.29, 0.717) is 19.4 Å².